The Labute approximate surface area is 180 Å². The Bertz CT molecular complexity index is 903. The Kier molecular flexibility index (Phi) is 6.62. The number of carboxylic acid groups (broad SMARTS) is 1. The van der Waals surface area contributed by atoms with Crippen molar-refractivity contribution >= 4 is 11.9 Å². The van der Waals surface area contributed by atoms with Crippen LogP contribution in [0.25, 0.3) is 0 Å². The number of halogens is 2. The minimum absolute atomic E-state index is 0.0273. The molecule has 166 valence electrons. The Hall–Kier alpha value is -2.96. The highest BCUT2D eigenvalue weighted by Gasteiger charge is 2.51. The first-order valence-corrected chi connectivity index (χ1v) is 10.3. The molecule has 0 radical (unpaired) electrons. The number of hydrogen-bond acceptors (Lipinski definition) is 4. The lowest BCUT2D eigenvalue weighted by Gasteiger charge is -2.34. The summed E-state index contributed by atoms with van der Waals surface area (Å²) in [6.07, 6.45) is 1.86. The fraction of sp³-hybridized carbons (Fsp3) is 0.417. The zero-order valence-corrected chi connectivity index (χ0v) is 17.5. The molecule has 1 aliphatic carbocycles. The van der Waals surface area contributed by atoms with Crippen molar-refractivity contribution in [3.63, 3.8) is 0 Å². The van der Waals surface area contributed by atoms with Crippen LogP contribution in [0.15, 0.2) is 54.6 Å². The minimum Gasteiger partial charge on any atom is -0.487 e. The van der Waals surface area contributed by atoms with E-state index in [-0.39, 0.29) is 16.7 Å². The first kappa shape index (κ1) is 22.7. The van der Waals surface area contributed by atoms with Crippen LogP contribution in [0, 0.1) is 5.92 Å². The number of hydrogen-bond donors (Lipinski definition) is 1. The number of carboxylic acids is 1. The molecule has 5 nitrogen and oxygen atoms in total. The Balaban J connectivity index is 1.78. The number of benzene rings is 2. The lowest BCUT2D eigenvalue weighted by molar-refractivity contribution is -0.183. The quantitative estimate of drug-likeness (QED) is 0.546. The van der Waals surface area contributed by atoms with Gasteiger partial charge in [0.25, 0.3) is 0 Å². The number of rotatable bonds is 8. The Morgan fingerprint density at radius 1 is 1.00 bits per heavy atom. The molecule has 3 rings (SSSR count). The number of esters is 1. The zero-order chi connectivity index (χ0) is 22.6. The second-order valence-electron chi connectivity index (χ2n) is 8.18. The van der Waals surface area contributed by atoms with E-state index in [1.165, 1.54) is 36.4 Å². The van der Waals surface area contributed by atoms with E-state index in [4.69, 9.17) is 14.6 Å². The van der Waals surface area contributed by atoms with Crippen molar-refractivity contribution in [3.8, 4) is 5.75 Å². The van der Waals surface area contributed by atoms with E-state index in [1.807, 2.05) is 0 Å². The van der Waals surface area contributed by atoms with Gasteiger partial charge in [0.15, 0.2) is 0 Å². The molecule has 0 aliphatic heterocycles. The maximum atomic E-state index is 14.3. The Morgan fingerprint density at radius 3 is 2.10 bits per heavy atom. The van der Waals surface area contributed by atoms with Gasteiger partial charge in [-0.05, 0) is 61.4 Å². The normalized spacial score (nSPS) is 16.7. The fourth-order valence-corrected chi connectivity index (χ4v) is 3.93. The molecule has 0 heterocycles. The molecule has 7 heteroatoms. The summed E-state index contributed by atoms with van der Waals surface area (Å²) in [6.45, 7) is 4.23. The minimum atomic E-state index is -4.29. The third kappa shape index (κ3) is 4.86. The van der Waals surface area contributed by atoms with Crippen LogP contribution >= 0.6 is 0 Å². The standard InChI is InChI=1S/C24H26F2O5/c1-16(2)23(14-6-7-15-23)31-19-12-10-18(11-13-19)21(27)30-20(24(25,26)22(28)29)17-8-4-3-5-9-17/h3-5,8-13,16,20H,6-7,14-15H2,1-2H3,(H,28,29). The smallest absolute Gasteiger partial charge is 0.382 e. The number of carbonyl (C=O) groups excluding carboxylic acids is 1. The highest BCUT2D eigenvalue weighted by atomic mass is 19.3. The largest absolute Gasteiger partial charge is 0.487 e. The molecule has 0 saturated heterocycles. The molecular weight excluding hydrogens is 406 g/mol. The van der Waals surface area contributed by atoms with E-state index in [2.05, 4.69) is 13.8 Å². The molecular formula is C24H26F2O5. The van der Waals surface area contributed by atoms with E-state index < -0.39 is 24.0 Å². The molecule has 1 atom stereocenters. The van der Waals surface area contributed by atoms with Gasteiger partial charge in [0.1, 0.15) is 11.4 Å². The van der Waals surface area contributed by atoms with E-state index >= 15 is 0 Å². The molecule has 1 N–H and O–H groups in total. The van der Waals surface area contributed by atoms with Crippen LogP contribution in [-0.2, 0) is 9.53 Å². The van der Waals surface area contributed by atoms with Gasteiger partial charge in [0.05, 0.1) is 5.56 Å². The summed E-state index contributed by atoms with van der Waals surface area (Å²) in [5.74, 6) is -6.78. The van der Waals surface area contributed by atoms with Crippen LogP contribution in [-0.4, -0.2) is 28.6 Å². The molecule has 0 aromatic heterocycles. The van der Waals surface area contributed by atoms with Gasteiger partial charge in [-0.3, -0.25) is 0 Å². The molecule has 1 unspecified atom stereocenters. The van der Waals surface area contributed by atoms with E-state index in [0.29, 0.717) is 11.7 Å². The fourth-order valence-electron chi connectivity index (χ4n) is 3.93. The second-order valence-corrected chi connectivity index (χ2v) is 8.18. The topological polar surface area (TPSA) is 72.8 Å². The van der Waals surface area contributed by atoms with Crippen LogP contribution in [0.5, 0.6) is 5.75 Å². The molecule has 0 amide bonds. The van der Waals surface area contributed by atoms with Crippen molar-refractivity contribution in [1.82, 2.24) is 0 Å². The summed E-state index contributed by atoms with van der Waals surface area (Å²) in [6, 6.07) is 13.2. The summed E-state index contributed by atoms with van der Waals surface area (Å²) in [5.41, 5.74) is -0.327. The molecule has 0 spiro atoms. The van der Waals surface area contributed by atoms with Gasteiger partial charge < -0.3 is 14.6 Å². The predicted molar refractivity (Wildman–Crippen MR) is 110 cm³/mol. The second kappa shape index (κ2) is 9.04. The van der Waals surface area contributed by atoms with Crippen molar-refractivity contribution in [2.45, 2.75) is 57.2 Å². The Morgan fingerprint density at radius 2 is 1.58 bits per heavy atom. The molecule has 31 heavy (non-hydrogen) atoms. The van der Waals surface area contributed by atoms with E-state index in [0.717, 1.165) is 25.7 Å². The molecule has 1 fully saturated rings. The molecule has 1 aliphatic rings. The van der Waals surface area contributed by atoms with Gasteiger partial charge in [-0.15, -0.1) is 0 Å². The first-order chi connectivity index (χ1) is 14.7. The summed E-state index contributed by atoms with van der Waals surface area (Å²) in [7, 11) is 0. The van der Waals surface area contributed by atoms with Crippen LogP contribution in [0.3, 0.4) is 0 Å². The maximum Gasteiger partial charge on any atom is 0.382 e. The zero-order valence-electron chi connectivity index (χ0n) is 17.5. The number of alkyl halides is 2. The summed E-state index contributed by atoms with van der Waals surface area (Å²) in [4.78, 5) is 23.6. The van der Waals surface area contributed by atoms with Crippen molar-refractivity contribution in [2.24, 2.45) is 5.92 Å². The molecule has 2 aromatic rings. The van der Waals surface area contributed by atoms with Crippen LogP contribution in [0.4, 0.5) is 8.78 Å². The average Bonchev–Trinajstić information content (AvgIpc) is 3.22. The first-order valence-electron chi connectivity index (χ1n) is 10.3. The predicted octanol–water partition coefficient (Wildman–Crippen LogP) is 5.65. The van der Waals surface area contributed by atoms with Crippen LogP contribution in [0.2, 0.25) is 0 Å². The number of aliphatic carboxylic acids is 1. The lowest BCUT2D eigenvalue weighted by Crippen LogP contribution is -2.38. The van der Waals surface area contributed by atoms with E-state index in [1.54, 1.807) is 18.2 Å². The van der Waals surface area contributed by atoms with Gasteiger partial charge in [-0.1, -0.05) is 44.2 Å². The number of ether oxygens (including phenoxy) is 2. The van der Waals surface area contributed by atoms with Crippen molar-refractivity contribution in [3.05, 3.63) is 65.7 Å². The van der Waals surface area contributed by atoms with Crippen molar-refractivity contribution in [2.75, 3.05) is 0 Å². The monoisotopic (exact) mass is 432 g/mol. The van der Waals surface area contributed by atoms with Crippen molar-refractivity contribution < 1.29 is 33.0 Å². The van der Waals surface area contributed by atoms with Crippen LogP contribution < -0.4 is 4.74 Å². The molecule has 2 aromatic carbocycles. The third-order valence-electron chi connectivity index (χ3n) is 5.85. The summed E-state index contributed by atoms with van der Waals surface area (Å²) in [5, 5.41) is 8.94. The van der Waals surface area contributed by atoms with E-state index in [9.17, 15) is 18.4 Å². The maximum absolute atomic E-state index is 14.3. The lowest BCUT2D eigenvalue weighted by atomic mass is 9.88. The third-order valence-corrected chi connectivity index (χ3v) is 5.85. The number of carbonyl (C=O) groups is 2. The average molecular weight is 432 g/mol. The summed E-state index contributed by atoms with van der Waals surface area (Å²) < 4.78 is 39.8. The van der Waals surface area contributed by atoms with Crippen LogP contribution in [0.1, 0.15) is 61.6 Å². The molecule has 0 bridgehead atoms. The van der Waals surface area contributed by atoms with Gasteiger partial charge in [-0.25, -0.2) is 9.59 Å². The SMILES string of the molecule is CC(C)C1(Oc2ccc(C(=O)OC(c3ccccc3)C(F)(F)C(=O)O)cc2)CCCC1. The van der Waals surface area contributed by atoms with Gasteiger partial charge in [0, 0.05) is 0 Å². The highest BCUT2D eigenvalue weighted by molar-refractivity contribution is 5.90. The van der Waals surface area contributed by atoms with Gasteiger partial charge in [0.2, 0.25) is 6.10 Å². The highest BCUT2D eigenvalue weighted by Crippen LogP contribution is 2.40. The molecule has 1 saturated carbocycles. The van der Waals surface area contributed by atoms with Crippen molar-refractivity contribution in [1.29, 1.82) is 0 Å². The summed E-state index contributed by atoms with van der Waals surface area (Å²) >= 11 is 0. The van der Waals surface area contributed by atoms with Gasteiger partial charge >= 0.3 is 17.9 Å². The van der Waals surface area contributed by atoms with Gasteiger partial charge in [-0.2, -0.15) is 8.78 Å².